The van der Waals surface area contributed by atoms with Crippen LogP contribution < -0.4 is 10.1 Å². The zero-order valence-corrected chi connectivity index (χ0v) is 11.6. The van der Waals surface area contributed by atoms with Crippen LogP contribution >= 0.6 is 11.6 Å². The quantitative estimate of drug-likeness (QED) is 0.728. The van der Waals surface area contributed by atoms with Crippen LogP contribution in [0.4, 0.5) is 0 Å². The van der Waals surface area contributed by atoms with Gasteiger partial charge in [-0.3, -0.25) is 4.79 Å². The number of nitrogens with one attached hydrogen (secondary N) is 1. The molecule has 0 bridgehead atoms. The van der Waals surface area contributed by atoms with Crippen LogP contribution in [0.1, 0.15) is 13.8 Å². The SMILES string of the molecule is CC(Oc1ccc(Cl)cc1)C(=O)NCC(C)(O)CO. The van der Waals surface area contributed by atoms with E-state index < -0.39 is 18.3 Å². The summed E-state index contributed by atoms with van der Waals surface area (Å²) in [6.07, 6.45) is -0.712. The van der Waals surface area contributed by atoms with Gasteiger partial charge < -0.3 is 20.3 Å². The average Bonchev–Trinajstić information content (AvgIpc) is 2.38. The van der Waals surface area contributed by atoms with E-state index in [9.17, 15) is 9.90 Å². The van der Waals surface area contributed by atoms with E-state index in [0.717, 1.165) is 0 Å². The van der Waals surface area contributed by atoms with Crippen molar-refractivity contribution in [2.45, 2.75) is 25.6 Å². The van der Waals surface area contributed by atoms with Crippen molar-refractivity contribution in [2.75, 3.05) is 13.2 Å². The van der Waals surface area contributed by atoms with Gasteiger partial charge >= 0.3 is 0 Å². The summed E-state index contributed by atoms with van der Waals surface area (Å²) in [5.74, 6) is 0.157. The molecule has 1 aromatic rings. The maximum atomic E-state index is 11.7. The van der Waals surface area contributed by atoms with Gasteiger partial charge in [0.2, 0.25) is 0 Å². The largest absolute Gasteiger partial charge is 0.481 e. The molecule has 19 heavy (non-hydrogen) atoms. The summed E-state index contributed by atoms with van der Waals surface area (Å²) < 4.78 is 5.42. The number of benzene rings is 1. The van der Waals surface area contributed by atoms with Crippen LogP contribution in [0, 0.1) is 0 Å². The highest BCUT2D eigenvalue weighted by Crippen LogP contribution is 2.16. The van der Waals surface area contributed by atoms with Gasteiger partial charge in [-0.05, 0) is 38.1 Å². The summed E-state index contributed by atoms with van der Waals surface area (Å²) in [5, 5.41) is 21.5. The summed E-state index contributed by atoms with van der Waals surface area (Å²) in [6.45, 7) is 2.55. The summed E-state index contributed by atoms with van der Waals surface area (Å²) in [6, 6.07) is 6.65. The highest BCUT2D eigenvalue weighted by atomic mass is 35.5. The molecule has 2 atom stereocenters. The Hall–Kier alpha value is -1.30. The van der Waals surface area contributed by atoms with E-state index in [1.807, 2.05) is 0 Å². The van der Waals surface area contributed by atoms with E-state index in [1.54, 1.807) is 31.2 Å². The second-order valence-corrected chi connectivity index (χ2v) is 5.02. The van der Waals surface area contributed by atoms with Crippen LogP contribution in [0.5, 0.6) is 5.75 Å². The Morgan fingerprint density at radius 3 is 2.58 bits per heavy atom. The molecule has 0 heterocycles. The second-order valence-electron chi connectivity index (χ2n) is 4.59. The molecule has 0 aromatic heterocycles. The van der Waals surface area contributed by atoms with Crippen LogP contribution in [-0.2, 0) is 4.79 Å². The van der Waals surface area contributed by atoms with Gasteiger partial charge in [-0.1, -0.05) is 11.6 Å². The van der Waals surface area contributed by atoms with Crippen molar-refractivity contribution >= 4 is 17.5 Å². The van der Waals surface area contributed by atoms with E-state index in [4.69, 9.17) is 21.4 Å². The van der Waals surface area contributed by atoms with Crippen molar-refractivity contribution < 1.29 is 19.7 Å². The highest BCUT2D eigenvalue weighted by Gasteiger charge is 2.22. The molecule has 5 nitrogen and oxygen atoms in total. The van der Waals surface area contributed by atoms with E-state index in [1.165, 1.54) is 6.92 Å². The van der Waals surface area contributed by atoms with Gasteiger partial charge in [0.15, 0.2) is 6.10 Å². The Morgan fingerprint density at radius 2 is 2.05 bits per heavy atom. The molecule has 0 fully saturated rings. The van der Waals surface area contributed by atoms with Crippen LogP contribution in [-0.4, -0.2) is 41.0 Å². The van der Waals surface area contributed by atoms with Gasteiger partial charge in [0.05, 0.1) is 6.61 Å². The zero-order valence-electron chi connectivity index (χ0n) is 10.9. The number of amides is 1. The molecule has 1 amide bonds. The monoisotopic (exact) mass is 287 g/mol. The predicted molar refractivity (Wildman–Crippen MR) is 72.3 cm³/mol. The predicted octanol–water partition coefficient (Wildman–Crippen LogP) is 0.967. The molecule has 0 saturated heterocycles. The third-order valence-electron chi connectivity index (χ3n) is 2.48. The topological polar surface area (TPSA) is 78.8 Å². The fourth-order valence-electron chi connectivity index (χ4n) is 1.25. The van der Waals surface area contributed by atoms with Gasteiger partial charge in [0.1, 0.15) is 11.4 Å². The van der Waals surface area contributed by atoms with Crippen LogP contribution in [0.15, 0.2) is 24.3 Å². The number of halogens is 1. The molecular weight excluding hydrogens is 270 g/mol. The van der Waals surface area contributed by atoms with Crippen molar-refractivity contribution in [3.63, 3.8) is 0 Å². The molecule has 1 rings (SSSR count). The molecule has 0 aliphatic heterocycles. The minimum atomic E-state index is -1.34. The lowest BCUT2D eigenvalue weighted by Crippen LogP contribution is -2.46. The lowest BCUT2D eigenvalue weighted by molar-refractivity contribution is -0.128. The number of aliphatic hydroxyl groups is 2. The smallest absolute Gasteiger partial charge is 0.260 e. The Balaban J connectivity index is 2.47. The van der Waals surface area contributed by atoms with Crippen LogP contribution in [0.2, 0.25) is 5.02 Å². The van der Waals surface area contributed by atoms with E-state index in [2.05, 4.69) is 5.32 Å². The first kappa shape index (κ1) is 15.8. The van der Waals surface area contributed by atoms with Crippen LogP contribution in [0.3, 0.4) is 0 Å². The maximum Gasteiger partial charge on any atom is 0.260 e. The first-order valence-corrected chi connectivity index (χ1v) is 6.25. The van der Waals surface area contributed by atoms with Crippen molar-refractivity contribution in [3.05, 3.63) is 29.3 Å². The Labute approximate surface area is 117 Å². The number of rotatable bonds is 6. The number of carbonyl (C=O) groups excluding carboxylic acids is 1. The van der Waals surface area contributed by atoms with E-state index in [-0.39, 0.29) is 12.5 Å². The summed E-state index contributed by atoms with van der Waals surface area (Å²) in [7, 11) is 0. The minimum absolute atomic E-state index is 0.0450. The molecular formula is C13H18ClNO4. The molecule has 1 aromatic carbocycles. The first-order valence-electron chi connectivity index (χ1n) is 5.87. The van der Waals surface area contributed by atoms with Gasteiger partial charge in [-0.15, -0.1) is 0 Å². The van der Waals surface area contributed by atoms with Crippen LogP contribution in [0.25, 0.3) is 0 Å². The molecule has 2 unspecified atom stereocenters. The standard InChI is InChI=1S/C13H18ClNO4/c1-9(12(17)15-7-13(2,18)8-16)19-11-5-3-10(14)4-6-11/h3-6,9,16,18H,7-8H2,1-2H3,(H,15,17). The number of ether oxygens (including phenoxy) is 1. The zero-order chi connectivity index (χ0) is 14.5. The molecule has 0 radical (unpaired) electrons. The lowest BCUT2D eigenvalue weighted by atomic mass is 10.1. The Kier molecular flexibility index (Phi) is 5.60. The second kappa shape index (κ2) is 6.75. The molecule has 3 N–H and O–H groups in total. The van der Waals surface area contributed by atoms with Crippen molar-refractivity contribution in [1.82, 2.24) is 5.32 Å². The Bertz CT molecular complexity index is 419. The third kappa shape index (κ3) is 5.46. The summed E-state index contributed by atoms with van der Waals surface area (Å²) >= 11 is 5.74. The van der Waals surface area contributed by atoms with Crippen molar-refractivity contribution in [1.29, 1.82) is 0 Å². The van der Waals surface area contributed by atoms with Gasteiger partial charge in [-0.25, -0.2) is 0 Å². The fraction of sp³-hybridized carbons (Fsp3) is 0.462. The summed E-state index contributed by atoms with van der Waals surface area (Å²) in [5.41, 5.74) is -1.34. The number of aliphatic hydroxyl groups excluding tert-OH is 1. The van der Waals surface area contributed by atoms with E-state index >= 15 is 0 Å². The molecule has 0 saturated carbocycles. The Morgan fingerprint density at radius 1 is 1.47 bits per heavy atom. The van der Waals surface area contributed by atoms with Crippen molar-refractivity contribution in [3.8, 4) is 5.75 Å². The normalized spacial score (nSPS) is 15.4. The number of carbonyl (C=O) groups is 1. The molecule has 0 aliphatic rings. The van der Waals surface area contributed by atoms with Gasteiger partial charge in [0, 0.05) is 11.6 Å². The molecule has 0 aliphatic carbocycles. The first-order chi connectivity index (χ1) is 8.84. The summed E-state index contributed by atoms with van der Waals surface area (Å²) in [4.78, 5) is 11.7. The number of hydrogen-bond donors (Lipinski definition) is 3. The number of hydrogen-bond acceptors (Lipinski definition) is 4. The van der Waals surface area contributed by atoms with Crippen molar-refractivity contribution in [2.24, 2.45) is 0 Å². The fourth-order valence-corrected chi connectivity index (χ4v) is 1.37. The molecule has 106 valence electrons. The third-order valence-corrected chi connectivity index (χ3v) is 2.73. The molecule has 0 spiro atoms. The molecule has 6 heteroatoms. The maximum absolute atomic E-state index is 11.7. The highest BCUT2D eigenvalue weighted by molar-refractivity contribution is 6.30. The van der Waals surface area contributed by atoms with Gasteiger partial charge in [0.25, 0.3) is 5.91 Å². The van der Waals surface area contributed by atoms with Gasteiger partial charge in [-0.2, -0.15) is 0 Å². The van der Waals surface area contributed by atoms with E-state index in [0.29, 0.717) is 10.8 Å². The average molecular weight is 288 g/mol. The minimum Gasteiger partial charge on any atom is -0.481 e. The lowest BCUT2D eigenvalue weighted by Gasteiger charge is -2.22.